The number of aliphatic hydroxyl groups is 1. The molecule has 5 heterocycles. The number of anilines is 1. The molecular weight excluding hydrogens is 348 g/mol. The third-order valence-electron chi connectivity index (χ3n) is 6.17. The monoisotopic (exact) mass is 372 g/mol. The molecule has 2 aromatic rings. The summed E-state index contributed by atoms with van der Waals surface area (Å²) in [5.41, 5.74) is 1.63. The van der Waals surface area contributed by atoms with E-state index < -0.39 is 0 Å². The lowest BCUT2D eigenvalue weighted by atomic mass is 9.84. The van der Waals surface area contributed by atoms with Crippen LogP contribution in [0.1, 0.15) is 29.8 Å². The lowest BCUT2D eigenvalue weighted by molar-refractivity contribution is 0.0619. The van der Waals surface area contributed by atoms with Gasteiger partial charge in [0, 0.05) is 31.1 Å². The predicted molar refractivity (Wildman–Crippen MR) is 103 cm³/mol. The van der Waals surface area contributed by atoms with Crippen molar-refractivity contribution in [3.8, 4) is 0 Å². The lowest BCUT2D eigenvalue weighted by Crippen LogP contribution is -2.57. The van der Waals surface area contributed by atoms with Crippen molar-refractivity contribution >= 4 is 33.2 Å². The average molecular weight is 372 g/mol. The van der Waals surface area contributed by atoms with Gasteiger partial charge in [0.15, 0.2) is 0 Å². The van der Waals surface area contributed by atoms with Crippen molar-refractivity contribution in [3.63, 3.8) is 0 Å². The van der Waals surface area contributed by atoms with E-state index in [2.05, 4.69) is 25.6 Å². The number of amides is 1. The number of hydrogen-bond donors (Lipinski definition) is 2. The molecule has 4 fully saturated rings. The molecule has 4 saturated heterocycles. The molecule has 1 amide bonds. The number of aliphatic hydroxyl groups excluding tert-OH is 1. The SMILES string of the molecule is O=C(N[C@@H]1CN2CCC1CC2)c1nsc2c(N3CC[C@H](O)C3)cccc12. The summed E-state index contributed by atoms with van der Waals surface area (Å²) in [4.78, 5) is 17.5. The predicted octanol–water partition coefficient (Wildman–Crippen LogP) is 1.69. The van der Waals surface area contributed by atoms with E-state index in [1.54, 1.807) is 0 Å². The average Bonchev–Trinajstić information content (AvgIpc) is 3.29. The highest BCUT2D eigenvalue weighted by Gasteiger charge is 2.35. The van der Waals surface area contributed by atoms with Gasteiger partial charge in [0.05, 0.1) is 16.5 Å². The summed E-state index contributed by atoms with van der Waals surface area (Å²) in [6.07, 6.45) is 2.90. The number of rotatable bonds is 3. The van der Waals surface area contributed by atoms with Crippen molar-refractivity contribution in [1.82, 2.24) is 14.6 Å². The maximum Gasteiger partial charge on any atom is 0.271 e. The van der Waals surface area contributed by atoms with E-state index in [4.69, 9.17) is 0 Å². The smallest absolute Gasteiger partial charge is 0.271 e. The van der Waals surface area contributed by atoms with E-state index in [0.29, 0.717) is 18.2 Å². The number of piperidine rings is 3. The largest absolute Gasteiger partial charge is 0.391 e. The molecule has 6 nitrogen and oxygen atoms in total. The fourth-order valence-corrected chi connectivity index (χ4v) is 5.60. The number of benzene rings is 1. The van der Waals surface area contributed by atoms with Crippen LogP contribution in [0.3, 0.4) is 0 Å². The van der Waals surface area contributed by atoms with E-state index >= 15 is 0 Å². The molecule has 0 aliphatic carbocycles. The summed E-state index contributed by atoms with van der Waals surface area (Å²) >= 11 is 1.39. The number of nitrogens with zero attached hydrogens (tertiary/aromatic N) is 3. The summed E-state index contributed by atoms with van der Waals surface area (Å²) in [5.74, 6) is 0.559. The van der Waals surface area contributed by atoms with Crippen molar-refractivity contribution in [3.05, 3.63) is 23.9 Å². The lowest BCUT2D eigenvalue weighted by Gasteiger charge is -2.44. The first-order chi connectivity index (χ1) is 12.7. The highest BCUT2D eigenvalue weighted by atomic mass is 32.1. The molecule has 0 spiro atoms. The Balaban J connectivity index is 1.40. The molecule has 6 rings (SSSR count). The number of aromatic nitrogens is 1. The van der Waals surface area contributed by atoms with E-state index in [-0.39, 0.29) is 18.1 Å². The van der Waals surface area contributed by atoms with Crippen molar-refractivity contribution in [2.24, 2.45) is 5.92 Å². The van der Waals surface area contributed by atoms with Gasteiger partial charge in [-0.1, -0.05) is 12.1 Å². The topological polar surface area (TPSA) is 68.7 Å². The number of β-amino-alcohol motifs (C(OH)–C–C–N with tert-alkyl or cyclic N) is 1. The Morgan fingerprint density at radius 1 is 1.19 bits per heavy atom. The van der Waals surface area contributed by atoms with Gasteiger partial charge in [-0.05, 0) is 55.9 Å². The van der Waals surface area contributed by atoms with Crippen LogP contribution in [-0.2, 0) is 0 Å². The minimum absolute atomic E-state index is 0.0476. The van der Waals surface area contributed by atoms with Crippen LogP contribution in [0, 0.1) is 5.92 Å². The fourth-order valence-electron chi connectivity index (χ4n) is 4.69. The third-order valence-corrected chi connectivity index (χ3v) is 7.05. The maximum atomic E-state index is 12.9. The highest BCUT2D eigenvalue weighted by molar-refractivity contribution is 7.14. The molecule has 1 aromatic carbocycles. The number of hydrogen-bond acceptors (Lipinski definition) is 6. The van der Waals surface area contributed by atoms with Crippen LogP contribution in [0.5, 0.6) is 0 Å². The molecule has 0 unspecified atom stereocenters. The van der Waals surface area contributed by atoms with Crippen LogP contribution in [-0.4, -0.2) is 65.2 Å². The molecule has 138 valence electrons. The molecular formula is C19H24N4O2S. The molecule has 0 saturated carbocycles. The van der Waals surface area contributed by atoms with E-state index in [1.165, 1.54) is 37.5 Å². The Morgan fingerprint density at radius 2 is 2.04 bits per heavy atom. The molecule has 0 radical (unpaired) electrons. The van der Waals surface area contributed by atoms with Crippen LogP contribution < -0.4 is 10.2 Å². The van der Waals surface area contributed by atoms with Crippen LogP contribution >= 0.6 is 11.5 Å². The number of carbonyl (C=O) groups excluding carboxylic acids is 1. The first kappa shape index (κ1) is 16.5. The Kier molecular flexibility index (Phi) is 4.10. The number of nitrogens with one attached hydrogen (secondary N) is 1. The van der Waals surface area contributed by atoms with E-state index in [1.807, 2.05) is 12.1 Å². The molecule has 2 N–H and O–H groups in total. The molecule has 7 heteroatoms. The van der Waals surface area contributed by atoms with Gasteiger partial charge in [0.25, 0.3) is 5.91 Å². The van der Waals surface area contributed by atoms with Crippen molar-refractivity contribution in [1.29, 1.82) is 0 Å². The van der Waals surface area contributed by atoms with Gasteiger partial charge in [0.2, 0.25) is 0 Å². The summed E-state index contributed by atoms with van der Waals surface area (Å²) < 4.78 is 5.54. The van der Waals surface area contributed by atoms with Gasteiger partial charge in [-0.2, -0.15) is 4.37 Å². The van der Waals surface area contributed by atoms with E-state index in [0.717, 1.165) is 35.3 Å². The van der Waals surface area contributed by atoms with Gasteiger partial charge in [-0.25, -0.2) is 0 Å². The molecule has 4 aliphatic heterocycles. The van der Waals surface area contributed by atoms with Crippen molar-refractivity contribution < 1.29 is 9.90 Å². The quantitative estimate of drug-likeness (QED) is 0.858. The summed E-state index contributed by atoms with van der Waals surface area (Å²) in [7, 11) is 0. The van der Waals surface area contributed by atoms with Gasteiger partial charge >= 0.3 is 0 Å². The van der Waals surface area contributed by atoms with E-state index in [9.17, 15) is 9.90 Å². The van der Waals surface area contributed by atoms with Crippen LogP contribution in [0.4, 0.5) is 5.69 Å². The van der Waals surface area contributed by atoms with Gasteiger partial charge < -0.3 is 20.2 Å². The first-order valence-corrected chi connectivity index (χ1v) is 10.3. The summed E-state index contributed by atoms with van der Waals surface area (Å²) in [5, 5.41) is 14.0. The van der Waals surface area contributed by atoms with Crippen molar-refractivity contribution in [2.75, 3.05) is 37.6 Å². The summed E-state index contributed by atoms with van der Waals surface area (Å²) in [6, 6.07) is 6.29. The second kappa shape index (κ2) is 6.48. The molecule has 2 bridgehead atoms. The molecule has 2 atom stereocenters. The number of fused-ring (bicyclic) bond motifs is 4. The normalized spacial score (nSPS) is 30.9. The van der Waals surface area contributed by atoms with Crippen LogP contribution in [0.25, 0.3) is 10.1 Å². The maximum absolute atomic E-state index is 12.9. The zero-order chi connectivity index (χ0) is 17.7. The molecule has 4 aliphatic rings. The minimum Gasteiger partial charge on any atom is -0.391 e. The standard InChI is InChI=1S/C19H24N4O2S/c24-13-6-9-23(10-13)16-3-1-2-14-17(21-26-18(14)16)19(25)20-15-11-22-7-4-12(15)5-8-22/h1-3,12-13,15,24H,4-11H2,(H,20,25)/t13-,15+/m0/s1. The Bertz CT molecular complexity index is 830. The Morgan fingerprint density at radius 3 is 2.73 bits per heavy atom. The molecule has 1 aromatic heterocycles. The minimum atomic E-state index is -0.266. The Hall–Kier alpha value is -1.70. The van der Waals surface area contributed by atoms with Gasteiger partial charge in [-0.15, -0.1) is 0 Å². The zero-order valence-electron chi connectivity index (χ0n) is 14.7. The highest BCUT2D eigenvalue weighted by Crippen LogP contribution is 2.34. The number of carbonyl (C=O) groups is 1. The summed E-state index contributed by atoms with van der Waals surface area (Å²) in [6.45, 7) is 4.80. The second-order valence-electron chi connectivity index (χ2n) is 7.79. The third kappa shape index (κ3) is 2.78. The molecule has 26 heavy (non-hydrogen) atoms. The van der Waals surface area contributed by atoms with Crippen LogP contribution in [0.2, 0.25) is 0 Å². The Labute approximate surface area is 157 Å². The second-order valence-corrected chi connectivity index (χ2v) is 8.56. The fraction of sp³-hybridized carbons (Fsp3) is 0.579. The van der Waals surface area contributed by atoms with Crippen molar-refractivity contribution in [2.45, 2.75) is 31.4 Å². The van der Waals surface area contributed by atoms with Gasteiger partial charge in [0.1, 0.15) is 5.69 Å². The first-order valence-electron chi connectivity index (χ1n) is 9.53. The zero-order valence-corrected chi connectivity index (χ0v) is 15.5. The van der Waals surface area contributed by atoms with Gasteiger partial charge in [-0.3, -0.25) is 4.79 Å². The van der Waals surface area contributed by atoms with Crippen LogP contribution in [0.15, 0.2) is 18.2 Å².